The summed E-state index contributed by atoms with van der Waals surface area (Å²) in [5, 5.41) is 46.4. The van der Waals surface area contributed by atoms with Gasteiger partial charge in [-0.25, -0.2) is 0 Å². The molecule has 41 heteroatoms. The molecule has 98 heavy (non-hydrogen) atoms. The molecule has 1 saturated heterocycles. The highest BCUT2D eigenvalue weighted by molar-refractivity contribution is 8.00. The third kappa shape index (κ3) is 22.0. The molecular formula is C57H72N14O20S7. The fraction of sp³-hybridized carbons (Fsp3) is 0.404. The number of rotatable bonds is 21. The molecule has 0 saturated carbocycles. The first-order chi connectivity index (χ1) is 46.1. The monoisotopic (exact) mass is 1500 g/mol. The zero-order chi connectivity index (χ0) is 72.4. The molecule has 0 aliphatic carbocycles. The predicted octanol–water partition coefficient (Wildman–Crippen LogP) is -1.99. The van der Waals surface area contributed by atoms with Crippen LogP contribution >= 0.6 is 49.2 Å². The van der Waals surface area contributed by atoms with Crippen molar-refractivity contribution in [3.63, 3.8) is 0 Å². The number of carboxylic acid groups (broad SMARTS) is 1. The average Bonchev–Trinajstić information content (AvgIpc) is 0.707. The number of nitrogens with one attached hydrogen (secondary N) is 13. The summed E-state index contributed by atoms with van der Waals surface area (Å²) in [5.41, 5.74) is 5.82. The molecule has 6 rings (SSSR count). The number of thioether (sulfide) groups is 1. The van der Waals surface area contributed by atoms with Crippen LogP contribution in [0.2, 0.25) is 0 Å². The third-order valence-electron chi connectivity index (χ3n) is 14.8. The Bertz CT molecular complexity index is 4180. The van der Waals surface area contributed by atoms with Crippen molar-refractivity contribution in [1.82, 2.24) is 58.5 Å². The van der Waals surface area contributed by atoms with Crippen molar-refractivity contribution in [1.29, 1.82) is 5.41 Å². The molecule has 34 nitrogen and oxygen atoms in total. The Kier molecular flexibility index (Phi) is 28.4. The molecule has 0 aromatic heterocycles. The molecule has 1 heterocycles. The zero-order valence-corrected chi connectivity index (χ0v) is 57.7. The number of nitrogens with two attached hydrogens (primary N) is 1. The molecule has 532 valence electrons. The topological polar surface area (TPSA) is 548 Å². The van der Waals surface area contributed by atoms with Gasteiger partial charge in [-0.1, -0.05) is 54.6 Å². The zero-order valence-electron chi connectivity index (χ0n) is 51.8. The molecule has 0 bridgehead atoms. The Morgan fingerprint density at radius 2 is 1.08 bits per heavy atom. The van der Waals surface area contributed by atoms with E-state index in [4.69, 9.17) is 23.4 Å². The van der Waals surface area contributed by atoms with E-state index in [1.165, 1.54) is 12.1 Å². The van der Waals surface area contributed by atoms with Gasteiger partial charge in [-0.05, 0) is 68.9 Å². The first-order valence-corrected chi connectivity index (χ1v) is 36.8. The van der Waals surface area contributed by atoms with E-state index in [-0.39, 0.29) is 107 Å². The van der Waals surface area contributed by atoms with Gasteiger partial charge in [0.1, 0.15) is 57.0 Å². The lowest BCUT2D eigenvalue weighted by molar-refractivity contribution is -0.141. The number of carbonyl (C=O) groups is 10. The summed E-state index contributed by atoms with van der Waals surface area (Å²) in [5.74, 6) is -12.2. The van der Waals surface area contributed by atoms with E-state index in [9.17, 15) is 92.0 Å². The Balaban J connectivity index is 1.28. The minimum Gasteiger partial charge on any atom is -0.481 e. The molecule has 1 fully saturated rings. The van der Waals surface area contributed by atoms with Crippen LogP contribution in [0.3, 0.4) is 0 Å². The van der Waals surface area contributed by atoms with Crippen molar-refractivity contribution in [3.8, 4) is 0 Å². The summed E-state index contributed by atoms with van der Waals surface area (Å²) in [6, 6.07) is 3.77. The molecule has 7 atom stereocenters. The van der Waals surface area contributed by atoms with Gasteiger partial charge in [-0.2, -0.15) is 50.5 Å². The molecule has 5 aromatic rings. The van der Waals surface area contributed by atoms with Crippen LogP contribution in [0.5, 0.6) is 0 Å². The van der Waals surface area contributed by atoms with E-state index in [2.05, 4.69) is 89.1 Å². The van der Waals surface area contributed by atoms with Gasteiger partial charge in [0.05, 0.1) is 18.7 Å². The highest BCUT2D eigenvalue weighted by atomic mass is 32.2. The smallest absolute Gasteiger partial charge is 0.305 e. The number of hydrogen-bond donors (Lipinski definition) is 20. The number of unbranched alkanes of at least 4 members (excludes halogenated alkanes) is 1. The summed E-state index contributed by atoms with van der Waals surface area (Å²) in [6.07, 6.45) is -1.27. The summed E-state index contributed by atoms with van der Waals surface area (Å²) in [4.78, 5) is 134. The van der Waals surface area contributed by atoms with Crippen LogP contribution in [0.4, 0.5) is 5.69 Å². The fourth-order valence-corrected chi connectivity index (χ4v) is 14.1. The number of anilines is 1. The second kappa shape index (κ2) is 35.4. The number of aliphatic carboxylic acids is 1. The van der Waals surface area contributed by atoms with Gasteiger partial charge in [0, 0.05) is 81.3 Å². The molecule has 0 radical (unpaired) electrons. The van der Waals surface area contributed by atoms with Gasteiger partial charge >= 0.3 is 5.97 Å². The molecule has 5 aromatic carbocycles. The van der Waals surface area contributed by atoms with E-state index in [1.54, 1.807) is 37.3 Å². The number of guanidine groups is 1. The van der Waals surface area contributed by atoms with E-state index in [0.717, 1.165) is 30.0 Å². The summed E-state index contributed by atoms with van der Waals surface area (Å²) < 4.78 is 107. The Labute approximate surface area is 581 Å². The fourth-order valence-electron chi connectivity index (χ4n) is 10.3. The molecule has 0 spiro atoms. The van der Waals surface area contributed by atoms with Gasteiger partial charge in [-0.3, -0.25) is 67.0 Å². The predicted molar refractivity (Wildman–Crippen MR) is 369 cm³/mol. The van der Waals surface area contributed by atoms with E-state index >= 15 is 0 Å². The minimum absolute atomic E-state index is 0.0123. The van der Waals surface area contributed by atoms with Crippen LogP contribution in [0, 0.1) is 5.41 Å². The minimum atomic E-state index is -5.21. The molecular weight excluding hydrogens is 1430 g/mol. The largest absolute Gasteiger partial charge is 0.481 e. The molecule has 1 aliphatic rings. The van der Waals surface area contributed by atoms with E-state index < -0.39 is 183 Å². The number of thiocarbonyl (C=S) groups is 1. The van der Waals surface area contributed by atoms with E-state index in [1.807, 2.05) is 0 Å². The Morgan fingerprint density at radius 3 is 1.63 bits per heavy atom. The van der Waals surface area contributed by atoms with Crippen molar-refractivity contribution in [2.45, 2.75) is 109 Å². The second-order valence-corrected chi connectivity index (χ2v) is 28.3. The highest BCUT2D eigenvalue weighted by Crippen LogP contribution is 2.44. The maximum atomic E-state index is 14.3. The highest BCUT2D eigenvalue weighted by Gasteiger charge is 2.35. The summed E-state index contributed by atoms with van der Waals surface area (Å²) in [6.45, 7) is 0.780. The SMILES string of the molecule is CCNC(=O)[C@@H]1CSCC(=O)N[C@@H](CCCCNC(=S)Nc2cc(S(=O)(=O)O)c3ccc4c(S(=O)(=O)O)cc(S(=O)(=O)O)c5ccc2c3c54)C(=O)N[C@@H](CS)C(=O)N[C@@H](CCCNC(=N)N)C(=O)NCC(=O)N[C@@H](CC(=O)O)C(=O)N[C@@H](CS)C(=O)N[C@@H](Cc2ccccc2)C(=O)N1. The van der Waals surface area contributed by atoms with Crippen molar-refractivity contribution in [2.75, 3.05) is 54.5 Å². The average molecular weight is 1500 g/mol. The van der Waals surface area contributed by atoms with Crippen LogP contribution in [0.1, 0.15) is 51.0 Å². The molecule has 1 aliphatic heterocycles. The quantitative estimate of drug-likeness (QED) is 0.00719. The van der Waals surface area contributed by atoms with Crippen molar-refractivity contribution >= 4 is 188 Å². The van der Waals surface area contributed by atoms with Gasteiger partial charge in [0.15, 0.2) is 11.1 Å². The molecule has 9 amide bonds. The van der Waals surface area contributed by atoms with Gasteiger partial charge < -0.3 is 74.6 Å². The van der Waals surface area contributed by atoms with Crippen molar-refractivity contribution in [2.24, 2.45) is 5.73 Å². The van der Waals surface area contributed by atoms with Gasteiger partial charge in [0.25, 0.3) is 30.4 Å². The lowest BCUT2D eigenvalue weighted by Gasteiger charge is -2.26. The number of benzene rings is 5. The lowest BCUT2D eigenvalue weighted by atomic mass is 9.93. The Morgan fingerprint density at radius 1 is 0.602 bits per heavy atom. The summed E-state index contributed by atoms with van der Waals surface area (Å²) >= 11 is 14.9. The van der Waals surface area contributed by atoms with Crippen LogP contribution in [-0.4, -0.2) is 206 Å². The number of amides is 9. The van der Waals surface area contributed by atoms with Crippen LogP contribution in [0.15, 0.2) is 81.4 Å². The number of thiol groups is 2. The summed E-state index contributed by atoms with van der Waals surface area (Å²) in [7, 11) is -15.5. The van der Waals surface area contributed by atoms with E-state index in [0.29, 0.717) is 11.6 Å². The first-order valence-electron chi connectivity index (χ1n) is 29.7. The number of carboxylic acids is 1. The number of carbonyl (C=O) groups excluding carboxylic acids is 9. The van der Waals surface area contributed by atoms with Gasteiger partial charge in [0.2, 0.25) is 53.2 Å². The number of likely N-dealkylation sites (N-methyl/N-ethyl adjacent to an activating group) is 1. The third-order valence-corrected chi connectivity index (χ3v) is 19.5. The molecule has 0 unspecified atom stereocenters. The van der Waals surface area contributed by atoms with Crippen molar-refractivity contribution in [3.05, 3.63) is 72.3 Å². The van der Waals surface area contributed by atoms with Gasteiger partial charge in [-0.15, -0.1) is 11.8 Å². The first kappa shape index (κ1) is 78.6. The maximum Gasteiger partial charge on any atom is 0.305 e. The second-order valence-electron chi connectivity index (χ2n) is 22.0. The lowest BCUT2D eigenvalue weighted by Crippen LogP contribution is -2.60. The maximum absolute atomic E-state index is 14.3. The standard InChI is InChI=1S/C57H72N14O20S7/c1-2-60-50(77)40-26-95-27-45(73)64-34(11-6-7-17-62-57(94)71-35-20-41(96(83,84)85)30-15-16-32-43(98(89,90)91)22-42(97(86,87)88)31-14-13-29(35)47(30)48(31)32)51(78)68-38(24-92)54(81)66-33(12-8-18-61-56(58)59)49(76)63-23-44(72)65-37(21-46(74)75)53(80)69-39(25-93)55(82)67-36(52(79)70-40)19-28-9-4-3-5-10-28/h3-5,9-10,13-16,20,22,33-34,36-40,92-93H,2,6-8,11-12,17-19,21,23-27H2,1H3,(H,60,77)(H,63,76)(H,64,73)(H,65,72)(H,66,81)(H,67,82)(H,68,78)(H,69,80)(H,70,79)(H,74,75)(H4,58,59,61)(H2,62,71,94)(H,83,84,85)(H,86,87,88)(H,89,90,91)/t33-,34-,36-,37-,38-,39-,40-/m0/s1. The molecule has 19 N–H and O–H groups in total. The van der Waals surface area contributed by atoms with Crippen LogP contribution in [0.25, 0.3) is 32.3 Å². The van der Waals surface area contributed by atoms with Crippen LogP contribution in [-0.2, 0) is 84.7 Å². The van der Waals surface area contributed by atoms with Crippen molar-refractivity contribution < 1.29 is 92.0 Å². The Hall–Kier alpha value is -8.42. The normalized spacial score (nSPS) is 20.4. The van der Waals surface area contributed by atoms with Crippen LogP contribution < -0.4 is 69.5 Å². The number of hydrogen-bond acceptors (Lipinski definition) is 21.